The average Bonchev–Trinajstić information content (AvgIpc) is 2.70. The second-order valence-electron chi connectivity index (χ2n) is 2.29. The minimum atomic E-state index is -0.763. The fourth-order valence-electron chi connectivity index (χ4n) is 0.821. The lowest BCUT2D eigenvalue weighted by atomic mass is 10.2. The predicted octanol–water partition coefficient (Wildman–Crippen LogP) is 3.26. The van der Waals surface area contributed by atoms with Gasteiger partial charge in [0.05, 0.1) is 0 Å². The molecule has 4 heteroatoms. The minimum Gasteiger partial charge on any atom is -0.135 e. The average molecular weight is 231 g/mol. The van der Waals surface area contributed by atoms with Crippen LogP contribution >= 0.6 is 27.5 Å². The van der Waals surface area contributed by atoms with Crippen molar-refractivity contribution in [2.75, 3.05) is 0 Å². The van der Waals surface area contributed by atoms with Crippen molar-refractivity contribution in [3.8, 4) is 0 Å². The van der Waals surface area contributed by atoms with Crippen molar-refractivity contribution in [1.82, 2.24) is 0 Å². The monoisotopic (exact) mass is 230 g/mol. The smallest absolute Gasteiger partial charge is 0.135 e. The normalized spacial score (nSPS) is 18.4. The van der Waals surface area contributed by atoms with Crippen LogP contribution in [-0.4, -0.2) is 0 Å². The Morgan fingerprint density at radius 1 is 1.18 bits per heavy atom. The summed E-state index contributed by atoms with van der Waals surface area (Å²) < 4.78 is 1.03. The highest BCUT2D eigenvalue weighted by Gasteiger charge is 2.39. The molecule has 0 radical (unpaired) electrons. The Bertz CT molecular complexity index is 301. The van der Waals surface area contributed by atoms with Crippen molar-refractivity contribution in [3.05, 3.63) is 34.3 Å². The van der Waals surface area contributed by atoms with Crippen LogP contribution in [0.2, 0.25) is 0 Å². The third-order valence-electron chi connectivity index (χ3n) is 1.49. The lowest BCUT2D eigenvalue weighted by Gasteiger charge is -2.00. The molecule has 0 N–H and O–H groups in total. The molecule has 0 atom stereocenters. The fraction of sp³-hybridized carbons (Fsp3) is 0.143. The van der Waals surface area contributed by atoms with E-state index in [4.69, 9.17) is 11.6 Å². The van der Waals surface area contributed by atoms with Crippen LogP contribution in [0.4, 0.5) is 0 Å². The molecule has 2 rings (SSSR count). The highest BCUT2D eigenvalue weighted by Crippen LogP contribution is 2.43. The zero-order valence-corrected chi connectivity index (χ0v) is 7.80. The number of alkyl halides is 1. The van der Waals surface area contributed by atoms with Gasteiger partial charge in [-0.25, -0.2) is 0 Å². The Morgan fingerprint density at radius 2 is 1.73 bits per heavy atom. The van der Waals surface area contributed by atoms with Gasteiger partial charge in [0.1, 0.15) is 0 Å². The van der Waals surface area contributed by atoms with Crippen molar-refractivity contribution in [1.29, 1.82) is 0 Å². The van der Waals surface area contributed by atoms with Gasteiger partial charge in [-0.2, -0.15) is 0 Å². The van der Waals surface area contributed by atoms with Crippen LogP contribution in [-0.2, 0) is 5.12 Å². The molecule has 0 aromatic heterocycles. The molecule has 0 bridgehead atoms. The molecule has 11 heavy (non-hydrogen) atoms. The van der Waals surface area contributed by atoms with Crippen molar-refractivity contribution in [3.63, 3.8) is 0 Å². The topological polar surface area (TPSA) is 24.7 Å². The summed E-state index contributed by atoms with van der Waals surface area (Å²) in [6, 6.07) is 7.64. The summed E-state index contributed by atoms with van der Waals surface area (Å²) in [6.45, 7) is 0. The van der Waals surface area contributed by atoms with E-state index in [-0.39, 0.29) is 0 Å². The fourth-order valence-corrected chi connectivity index (χ4v) is 1.25. The number of halogens is 2. The Balaban J connectivity index is 2.34. The molecule has 0 unspecified atom stereocenters. The van der Waals surface area contributed by atoms with Gasteiger partial charge in [-0.05, 0) is 12.1 Å². The molecule has 1 heterocycles. The van der Waals surface area contributed by atoms with Gasteiger partial charge in [-0.1, -0.05) is 39.7 Å². The van der Waals surface area contributed by atoms with Gasteiger partial charge in [0.15, 0.2) is 0 Å². The molecule has 56 valence electrons. The van der Waals surface area contributed by atoms with Crippen LogP contribution in [0.5, 0.6) is 0 Å². The highest BCUT2D eigenvalue weighted by molar-refractivity contribution is 9.10. The highest BCUT2D eigenvalue weighted by atomic mass is 79.9. The van der Waals surface area contributed by atoms with Gasteiger partial charge >= 0.3 is 0 Å². The molecule has 1 aliphatic heterocycles. The molecule has 0 spiro atoms. The maximum Gasteiger partial charge on any atom is 0.289 e. The van der Waals surface area contributed by atoms with Crippen LogP contribution in [0, 0.1) is 0 Å². The molecular formula is C7H4BrClN2. The molecule has 1 aliphatic rings. The first kappa shape index (κ1) is 7.25. The van der Waals surface area contributed by atoms with Gasteiger partial charge in [-0.15, -0.1) is 10.2 Å². The molecule has 1 aromatic carbocycles. The number of hydrogen-bond acceptors (Lipinski definition) is 2. The van der Waals surface area contributed by atoms with Crippen LogP contribution in [0.15, 0.2) is 39.0 Å². The first-order valence-corrected chi connectivity index (χ1v) is 4.27. The molecule has 1 aromatic rings. The van der Waals surface area contributed by atoms with Crippen LogP contribution < -0.4 is 0 Å². The predicted molar refractivity (Wildman–Crippen MR) is 46.5 cm³/mol. The maximum absolute atomic E-state index is 5.87. The van der Waals surface area contributed by atoms with E-state index in [0.29, 0.717) is 0 Å². The van der Waals surface area contributed by atoms with E-state index in [9.17, 15) is 0 Å². The second kappa shape index (κ2) is 2.29. The summed E-state index contributed by atoms with van der Waals surface area (Å²) in [5.41, 5.74) is 0.919. The lowest BCUT2D eigenvalue weighted by Crippen LogP contribution is -1.96. The Morgan fingerprint density at radius 3 is 2.18 bits per heavy atom. The maximum atomic E-state index is 5.87. The van der Waals surface area contributed by atoms with E-state index in [1.54, 1.807) is 0 Å². The van der Waals surface area contributed by atoms with Crippen LogP contribution in [0.1, 0.15) is 5.56 Å². The zero-order chi connectivity index (χ0) is 7.90. The third-order valence-corrected chi connectivity index (χ3v) is 2.39. The van der Waals surface area contributed by atoms with Crippen molar-refractivity contribution >= 4 is 27.5 Å². The molecule has 0 aliphatic carbocycles. The van der Waals surface area contributed by atoms with Gasteiger partial charge in [0.2, 0.25) is 0 Å². The standard InChI is InChI=1S/C7H4BrClN2/c8-6-3-1-5(2-4-6)7(9)10-11-7/h1-4H. The number of hydrogen-bond donors (Lipinski definition) is 0. The van der Waals surface area contributed by atoms with Gasteiger partial charge in [-0.3, -0.25) is 0 Å². The van der Waals surface area contributed by atoms with Crippen molar-refractivity contribution < 1.29 is 0 Å². The molecular weight excluding hydrogens is 227 g/mol. The zero-order valence-electron chi connectivity index (χ0n) is 5.46. The number of rotatable bonds is 1. The van der Waals surface area contributed by atoms with E-state index < -0.39 is 5.12 Å². The Kier molecular flexibility index (Phi) is 1.51. The third kappa shape index (κ3) is 1.30. The lowest BCUT2D eigenvalue weighted by molar-refractivity contribution is 0.940. The molecule has 0 saturated carbocycles. The van der Waals surface area contributed by atoms with E-state index in [0.717, 1.165) is 10.0 Å². The van der Waals surface area contributed by atoms with Crippen molar-refractivity contribution in [2.45, 2.75) is 5.12 Å². The minimum absolute atomic E-state index is 0.763. The van der Waals surface area contributed by atoms with Gasteiger partial charge in [0, 0.05) is 10.0 Å². The van der Waals surface area contributed by atoms with Crippen LogP contribution in [0.3, 0.4) is 0 Å². The molecule has 0 fully saturated rings. The summed E-state index contributed by atoms with van der Waals surface area (Å²) in [4.78, 5) is 0. The number of benzene rings is 1. The second-order valence-corrected chi connectivity index (χ2v) is 3.74. The Labute approximate surface area is 77.4 Å². The quantitative estimate of drug-likeness (QED) is 0.523. The Hall–Kier alpha value is -0.410. The summed E-state index contributed by atoms with van der Waals surface area (Å²) >= 11 is 9.20. The summed E-state index contributed by atoms with van der Waals surface area (Å²) in [7, 11) is 0. The van der Waals surface area contributed by atoms with Gasteiger partial charge < -0.3 is 0 Å². The van der Waals surface area contributed by atoms with Crippen LogP contribution in [0.25, 0.3) is 0 Å². The largest absolute Gasteiger partial charge is 0.289 e. The first-order chi connectivity index (χ1) is 5.21. The molecule has 0 amide bonds. The van der Waals surface area contributed by atoms with E-state index in [2.05, 4.69) is 26.2 Å². The molecule has 0 saturated heterocycles. The SMILES string of the molecule is ClC1(c2ccc(Br)cc2)N=N1. The summed E-state index contributed by atoms with van der Waals surface area (Å²) in [5.74, 6) is 0. The van der Waals surface area contributed by atoms with E-state index in [1.165, 1.54) is 0 Å². The van der Waals surface area contributed by atoms with Gasteiger partial charge in [0.25, 0.3) is 5.12 Å². The number of nitrogens with zero attached hydrogens (tertiary/aromatic N) is 2. The molecule has 2 nitrogen and oxygen atoms in total. The van der Waals surface area contributed by atoms with E-state index >= 15 is 0 Å². The van der Waals surface area contributed by atoms with Crippen molar-refractivity contribution in [2.24, 2.45) is 10.2 Å². The summed E-state index contributed by atoms with van der Waals surface area (Å²) in [5, 5.41) is 6.66. The summed E-state index contributed by atoms with van der Waals surface area (Å²) in [6.07, 6.45) is 0. The van der Waals surface area contributed by atoms with E-state index in [1.807, 2.05) is 24.3 Å². The first-order valence-electron chi connectivity index (χ1n) is 3.10.